The first-order valence-electron chi connectivity index (χ1n) is 14.0. The second kappa shape index (κ2) is 15.3. The molecule has 2 aromatic rings. The lowest BCUT2D eigenvalue weighted by Crippen LogP contribution is -2.17. The second-order valence-corrected chi connectivity index (χ2v) is 9.69. The lowest BCUT2D eigenvalue weighted by atomic mass is 9.96. The third kappa shape index (κ3) is 9.42. The highest BCUT2D eigenvalue weighted by molar-refractivity contribution is 5.72. The van der Waals surface area contributed by atoms with Crippen molar-refractivity contribution in [2.45, 2.75) is 104 Å². The summed E-state index contributed by atoms with van der Waals surface area (Å²) in [7, 11) is 0. The molecule has 6 heteroatoms. The van der Waals surface area contributed by atoms with Crippen LogP contribution in [0.25, 0.3) is 0 Å². The van der Waals surface area contributed by atoms with Gasteiger partial charge in [0.1, 0.15) is 29.1 Å². The molecule has 0 spiro atoms. The first-order valence-corrected chi connectivity index (χ1v) is 14.0. The van der Waals surface area contributed by atoms with Crippen molar-refractivity contribution < 1.29 is 28.5 Å². The van der Waals surface area contributed by atoms with Crippen LogP contribution in [0.4, 0.5) is 0 Å². The molecule has 1 aliphatic rings. The number of unbranched alkanes of at least 4 members (excludes halogenated alkanes) is 8. The van der Waals surface area contributed by atoms with Gasteiger partial charge in [0, 0.05) is 31.0 Å². The molecule has 0 saturated heterocycles. The summed E-state index contributed by atoms with van der Waals surface area (Å²) < 4.78 is 23.0. The van der Waals surface area contributed by atoms with Gasteiger partial charge in [-0.1, -0.05) is 64.4 Å². The highest BCUT2D eigenvalue weighted by Gasteiger charge is 2.25. The molecule has 0 aliphatic carbocycles. The third-order valence-corrected chi connectivity index (χ3v) is 6.59. The number of hydrogen-bond donors (Lipinski definition) is 0. The molecular formula is C31H42O6. The second-order valence-electron chi connectivity index (χ2n) is 9.69. The Morgan fingerprint density at radius 3 is 2.24 bits per heavy atom. The van der Waals surface area contributed by atoms with E-state index >= 15 is 0 Å². The molecule has 1 atom stereocenters. The van der Waals surface area contributed by atoms with Gasteiger partial charge in [0.05, 0.1) is 6.61 Å². The largest absolute Gasteiger partial charge is 0.493 e. The van der Waals surface area contributed by atoms with Gasteiger partial charge in [-0.15, -0.1) is 0 Å². The molecule has 6 nitrogen and oxygen atoms in total. The minimum Gasteiger partial charge on any atom is -0.493 e. The van der Waals surface area contributed by atoms with E-state index in [1.165, 1.54) is 51.9 Å². The summed E-state index contributed by atoms with van der Waals surface area (Å²) in [6.45, 7) is 6.03. The van der Waals surface area contributed by atoms with E-state index in [0.29, 0.717) is 36.0 Å². The fourth-order valence-electron chi connectivity index (χ4n) is 4.69. The number of carbonyl (C=O) groups excluding carboxylic acids is 2. The molecule has 37 heavy (non-hydrogen) atoms. The van der Waals surface area contributed by atoms with Gasteiger partial charge in [-0.25, -0.2) is 0 Å². The van der Waals surface area contributed by atoms with Crippen molar-refractivity contribution in [1.82, 2.24) is 0 Å². The molecule has 0 fully saturated rings. The average Bonchev–Trinajstić information content (AvgIpc) is 2.87. The molecular weight excluding hydrogens is 468 g/mol. The van der Waals surface area contributed by atoms with Crippen LogP contribution < -0.4 is 18.9 Å². The lowest BCUT2D eigenvalue weighted by Gasteiger charge is -2.28. The number of esters is 2. The summed E-state index contributed by atoms with van der Waals surface area (Å²) in [5, 5.41) is 0. The zero-order valence-corrected chi connectivity index (χ0v) is 22.7. The molecule has 0 N–H and O–H groups in total. The van der Waals surface area contributed by atoms with Crippen molar-refractivity contribution in [2.24, 2.45) is 0 Å². The van der Waals surface area contributed by atoms with Crippen LogP contribution in [-0.2, 0) is 16.0 Å². The number of carbonyl (C=O) groups is 2. The van der Waals surface area contributed by atoms with E-state index in [1.54, 1.807) is 24.3 Å². The molecule has 3 rings (SSSR count). The van der Waals surface area contributed by atoms with Crippen molar-refractivity contribution in [1.29, 1.82) is 0 Å². The summed E-state index contributed by atoms with van der Waals surface area (Å²) in [6, 6.07) is 11.0. The summed E-state index contributed by atoms with van der Waals surface area (Å²) in [5.41, 5.74) is 1.98. The normalized spacial score (nSPS) is 14.4. The van der Waals surface area contributed by atoms with Crippen molar-refractivity contribution in [3.63, 3.8) is 0 Å². The van der Waals surface area contributed by atoms with Crippen molar-refractivity contribution in [3.8, 4) is 23.0 Å². The summed E-state index contributed by atoms with van der Waals surface area (Å²) >= 11 is 0. The number of benzene rings is 2. The third-order valence-electron chi connectivity index (χ3n) is 6.59. The average molecular weight is 511 g/mol. The first-order chi connectivity index (χ1) is 18.0. The van der Waals surface area contributed by atoms with Crippen molar-refractivity contribution in [3.05, 3.63) is 47.5 Å². The van der Waals surface area contributed by atoms with Gasteiger partial charge in [-0.05, 0) is 49.9 Å². The first kappa shape index (κ1) is 28.5. The Hall–Kier alpha value is -3.02. The molecule has 0 amide bonds. The van der Waals surface area contributed by atoms with E-state index in [2.05, 4.69) is 6.92 Å². The molecule has 0 saturated carbocycles. The zero-order chi connectivity index (χ0) is 26.5. The van der Waals surface area contributed by atoms with Gasteiger partial charge in [0.15, 0.2) is 0 Å². The van der Waals surface area contributed by atoms with Crippen LogP contribution in [0.3, 0.4) is 0 Å². The van der Waals surface area contributed by atoms with Crippen LogP contribution in [0.2, 0.25) is 0 Å². The summed E-state index contributed by atoms with van der Waals surface area (Å²) in [6.07, 6.45) is 12.7. The highest BCUT2D eigenvalue weighted by atomic mass is 16.5. The fourth-order valence-corrected chi connectivity index (χ4v) is 4.69. The molecule has 1 unspecified atom stereocenters. The van der Waals surface area contributed by atoms with Crippen LogP contribution in [0.5, 0.6) is 23.0 Å². The van der Waals surface area contributed by atoms with Crippen LogP contribution in [0, 0.1) is 0 Å². The van der Waals surface area contributed by atoms with Gasteiger partial charge in [0.25, 0.3) is 0 Å². The van der Waals surface area contributed by atoms with Crippen LogP contribution in [0.15, 0.2) is 36.4 Å². The Morgan fingerprint density at radius 2 is 1.54 bits per heavy atom. The SMILES string of the molecule is CCCCCCCCCCCC(=O)Oc1ccc(C2CCc3ccc(OC(C)=O)cc3O2)c(OCC)c1. The van der Waals surface area contributed by atoms with Crippen LogP contribution >= 0.6 is 0 Å². The monoisotopic (exact) mass is 510 g/mol. The summed E-state index contributed by atoms with van der Waals surface area (Å²) in [4.78, 5) is 23.7. The predicted molar refractivity (Wildman–Crippen MR) is 145 cm³/mol. The van der Waals surface area contributed by atoms with Crippen LogP contribution in [0.1, 0.15) is 109 Å². The Labute approximate surface area is 221 Å². The zero-order valence-electron chi connectivity index (χ0n) is 22.7. The quantitative estimate of drug-likeness (QED) is 0.138. The maximum absolute atomic E-state index is 12.4. The predicted octanol–water partition coefficient (Wildman–Crippen LogP) is 7.90. The summed E-state index contributed by atoms with van der Waals surface area (Å²) in [5.74, 6) is 1.73. The molecule has 0 bridgehead atoms. The number of aryl methyl sites for hydroxylation is 1. The van der Waals surface area contributed by atoms with Gasteiger partial charge in [-0.2, -0.15) is 0 Å². The van der Waals surface area contributed by atoms with E-state index in [9.17, 15) is 9.59 Å². The molecule has 202 valence electrons. The van der Waals surface area contributed by atoms with E-state index in [4.69, 9.17) is 18.9 Å². The lowest BCUT2D eigenvalue weighted by molar-refractivity contribution is -0.134. The smallest absolute Gasteiger partial charge is 0.311 e. The van der Waals surface area contributed by atoms with Crippen LogP contribution in [-0.4, -0.2) is 18.5 Å². The molecule has 2 aromatic carbocycles. The fraction of sp³-hybridized carbons (Fsp3) is 0.548. The molecule has 0 radical (unpaired) electrons. The Balaban J connectivity index is 1.53. The molecule has 0 aromatic heterocycles. The Kier molecular flexibility index (Phi) is 11.8. The topological polar surface area (TPSA) is 71.1 Å². The number of fused-ring (bicyclic) bond motifs is 1. The van der Waals surface area contributed by atoms with E-state index in [0.717, 1.165) is 36.8 Å². The van der Waals surface area contributed by atoms with Gasteiger partial charge >= 0.3 is 11.9 Å². The Morgan fingerprint density at radius 1 is 0.865 bits per heavy atom. The van der Waals surface area contributed by atoms with E-state index in [1.807, 2.05) is 19.1 Å². The van der Waals surface area contributed by atoms with Crippen molar-refractivity contribution in [2.75, 3.05) is 6.61 Å². The minimum absolute atomic E-state index is 0.209. The van der Waals surface area contributed by atoms with Gasteiger partial charge in [0.2, 0.25) is 0 Å². The van der Waals surface area contributed by atoms with Crippen molar-refractivity contribution >= 4 is 11.9 Å². The minimum atomic E-state index is -0.367. The van der Waals surface area contributed by atoms with Gasteiger partial charge in [-0.3, -0.25) is 9.59 Å². The molecule has 1 heterocycles. The van der Waals surface area contributed by atoms with Gasteiger partial charge < -0.3 is 18.9 Å². The highest BCUT2D eigenvalue weighted by Crippen LogP contribution is 2.41. The number of hydrogen-bond acceptors (Lipinski definition) is 6. The number of rotatable bonds is 15. The maximum atomic E-state index is 12.4. The van der Waals surface area contributed by atoms with E-state index < -0.39 is 0 Å². The Bertz CT molecular complexity index is 1010. The molecule has 1 aliphatic heterocycles. The standard InChI is InChI=1S/C31H42O6/c1-4-6-7-8-9-10-11-12-13-14-31(33)36-26-18-19-27(30(22-26)34-5-2)28-20-16-24-15-17-25(35-23(3)32)21-29(24)37-28/h15,17-19,21-22,28H,4-14,16,20H2,1-3H3. The van der Waals surface area contributed by atoms with E-state index in [-0.39, 0.29) is 18.0 Å². The maximum Gasteiger partial charge on any atom is 0.311 e. The number of ether oxygens (including phenoxy) is 4.